The lowest BCUT2D eigenvalue weighted by molar-refractivity contribution is -0.146. The Morgan fingerprint density at radius 3 is 2.74 bits per heavy atom. The number of aromatic nitrogens is 1. The van der Waals surface area contributed by atoms with Crippen LogP contribution in [0, 0.1) is 34.9 Å². The molecular formula is C26H32FN3O3S. The van der Waals surface area contributed by atoms with Crippen molar-refractivity contribution in [2.45, 2.75) is 51.6 Å². The summed E-state index contributed by atoms with van der Waals surface area (Å²) in [5, 5.41) is 25.2. The molecule has 8 heteroatoms. The number of carbonyl (C=O) groups excluding carboxylic acids is 1. The molecule has 0 radical (unpaired) electrons. The molecule has 1 fully saturated rings. The number of halogens is 1. The van der Waals surface area contributed by atoms with E-state index in [4.69, 9.17) is 11.4 Å². The van der Waals surface area contributed by atoms with Crippen LogP contribution >= 0.6 is 11.3 Å². The van der Waals surface area contributed by atoms with E-state index in [0.29, 0.717) is 18.0 Å². The van der Waals surface area contributed by atoms with Crippen LogP contribution < -0.4 is 5.32 Å². The molecule has 0 bridgehead atoms. The van der Waals surface area contributed by atoms with Crippen molar-refractivity contribution in [3.05, 3.63) is 40.7 Å². The van der Waals surface area contributed by atoms with E-state index in [1.165, 1.54) is 23.5 Å². The number of rotatable bonds is 6. The van der Waals surface area contributed by atoms with E-state index in [1.807, 2.05) is 6.92 Å². The molecule has 1 amide bonds. The van der Waals surface area contributed by atoms with E-state index >= 15 is 0 Å². The fourth-order valence-corrected chi connectivity index (χ4v) is 7.00. The van der Waals surface area contributed by atoms with Gasteiger partial charge in [0.05, 0.1) is 24.9 Å². The number of hydrogen-bond acceptors (Lipinski definition) is 6. The van der Waals surface area contributed by atoms with Crippen LogP contribution in [0.5, 0.6) is 0 Å². The first-order valence-electron chi connectivity index (χ1n) is 11.6. The zero-order valence-electron chi connectivity index (χ0n) is 19.8. The van der Waals surface area contributed by atoms with Crippen LogP contribution in [0.3, 0.4) is 0 Å². The molecule has 1 saturated carbocycles. The molecule has 182 valence electrons. The molecular weight excluding hydrogens is 453 g/mol. The van der Waals surface area contributed by atoms with E-state index < -0.39 is 11.5 Å². The SMILES string of the molecule is C#CCN(C)C(=O)CC1c2nc(Nc3ccc(F)cc3)sc2CC2C(C)(CO)C(O)CCC12C. The molecule has 0 saturated heterocycles. The number of nitrogens with one attached hydrogen (secondary N) is 1. The highest BCUT2D eigenvalue weighted by molar-refractivity contribution is 7.15. The minimum absolute atomic E-state index is 0.0175. The van der Waals surface area contributed by atoms with Gasteiger partial charge in [0.25, 0.3) is 0 Å². The van der Waals surface area contributed by atoms with Gasteiger partial charge < -0.3 is 20.4 Å². The van der Waals surface area contributed by atoms with Crippen molar-refractivity contribution in [3.8, 4) is 12.3 Å². The molecule has 0 spiro atoms. The molecule has 0 aliphatic heterocycles. The number of anilines is 2. The van der Waals surface area contributed by atoms with E-state index in [-0.39, 0.29) is 48.5 Å². The summed E-state index contributed by atoms with van der Waals surface area (Å²) in [5.41, 5.74) is 0.628. The van der Waals surface area contributed by atoms with Gasteiger partial charge in [-0.25, -0.2) is 9.37 Å². The number of thiazole rings is 1. The Kier molecular flexibility index (Phi) is 6.74. The van der Waals surface area contributed by atoms with Crippen LogP contribution in [-0.2, 0) is 11.2 Å². The zero-order valence-corrected chi connectivity index (χ0v) is 20.7. The highest BCUT2D eigenvalue weighted by Crippen LogP contribution is 2.63. The van der Waals surface area contributed by atoms with Crippen molar-refractivity contribution in [1.82, 2.24) is 9.88 Å². The smallest absolute Gasteiger partial charge is 0.223 e. The summed E-state index contributed by atoms with van der Waals surface area (Å²) in [5.74, 6) is 1.98. The summed E-state index contributed by atoms with van der Waals surface area (Å²) in [6, 6.07) is 6.10. The molecule has 1 aromatic heterocycles. The molecule has 3 N–H and O–H groups in total. The van der Waals surface area contributed by atoms with Crippen LogP contribution in [0.2, 0.25) is 0 Å². The Balaban J connectivity index is 1.74. The maximum atomic E-state index is 13.3. The van der Waals surface area contributed by atoms with Gasteiger partial charge in [0.1, 0.15) is 5.82 Å². The number of terminal acetylenes is 1. The Bertz CT molecular complexity index is 1100. The molecule has 5 unspecified atom stereocenters. The Labute approximate surface area is 204 Å². The summed E-state index contributed by atoms with van der Waals surface area (Å²) in [7, 11) is 1.71. The summed E-state index contributed by atoms with van der Waals surface area (Å²) in [6.45, 7) is 4.24. The second-order valence-corrected chi connectivity index (χ2v) is 11.2. The normalized spacial score (nSPS) is 30.1. The Hall–Kier alpha value is -2.47. The third-order valence-corrected chi connectivity index (χ3v) is 9.13. The first-order valence-corrected chi connectivity index (χ1v) is 12.4. The highest BCUT2D eigenvalue weighted by atomic mass is 32.1. The molecule has 1 heterocycles. The van der Waals surface area contributed by atoms with Crippen LogP contribution in [0.4, 0.5) is 15.2 Å². The average molecular weight is 486 g/mol. The van der Waals surface area contributed by atoms with Crippen LogP contribution in [0.1, 0.15) is 49.6 Å². The quantitative estimate of drug-likeness (QED) is 0.540. The maximum absolute atomic E-state index is 13.3. The van der Waals surface area contributed by atoms with Crippen LogP contribution in [-0.4, -0.2) is 52.3 Å². The van der Waals surface area contributed by atoms with Crippen molar-refractivity contribution in [3.63, 3.8) is 0 Å². The van der Waals surface area contributed by atoms with E-state index in [9.17, 15) is 19.4 Å². The van der Waals surface area contributed by atoms with Crippen molar-refractivity contribution in [2.75, 3.05) is 25.5 Å². The lowest BCUT2D eigenvalue weighted by Crippen LogP contribution is -2.57. The molecule has 34 heavy (non-hydrogen) atoms. The fraction of sp³-hybridized carbons (Fsp3) is 0.538. The predicted molar refractivity (Wildman–Crippen MR) is 131 cm³/mol. The summed E-state index contributed by atoms with van der Waals surface area (Å²) in [6.07, 6.45) is 7.05. The molecule has 6 nitrogen and oxygen atoms in total. The minimum atomic E-state index is -0.675. The summed E-state index contributed by atoms with van der Waals surface area (Å²) >= 11 is 1.51. The lowest BCUT2D eigenvalue weighted by atomic mass is 9.47. The zero-order chi connectivity index (χ0) is 24.7. The number of benzene rings is 1. The van der Waals surface area contributed by atoms with Gasteiger partial charge in [-0.3, -0.25) is 4.79 Å². The fourth-order valence-electron chi connectivity index (χ4n) is 5.91. The first-order chi connectivity index (χ1) is 16.1. The molecule has 2 aromatic rings. The third-order valence-electron chi connectivity index (χ3n) is 8.12. The molecule has 5 atom stereocenters. The van der Waals surface area contributed by atoms with Gasteiger partial charge in [-0.1, -0.05) is 19.8 Å². The number of carbonyl (C=O) groups is 1. The van der Waals surface area contributed by atoms with Gasteiger partial charge in [-0.15, -0.1) is 17.8 Å². The number of fused-ring (bicyclic) bond motifs is 2. The van der Waals surface area contributed by atoms with Gasteiger partial charge >= 0.3 is 0 Å². The van der Waals surface area contributed by atoms with Crippen molar-refractivity contribution in [2.24, 2.45) is 16.7 Å². The van der Waals surface area contributed by atoms with Crippen LogP contribution in [0.15, 0.2) is 24.3 Å². The lowest BCUT2D eigenvalue weighted by Gasteiger charge is -2.58. The number of aliphatic hydroxyl groups excluding tert-OH is 2. The Morgan fingerprint density at radius 2 is 2.09 bits per heavy atom. The predicted octanol–water partition coefficient (Wildman–Crippen LogP) is 3.92. The number of aliphatic hydroxyl groups is 2. The van der Waals surface area contributed by atoms with Crippen molar-refractivity contribution < 1.29 is 19.4 Å². The third kappa shape index (κ3) is 4.21. The second kappa shape index (κ2) is 9.29. The van der Waals surface area contributed by atoms with E-state index in [0.717, 1.165) is 22.7 Å². The number of hydrogen-bond donors (Lipinski definition) is 3. The average Bonchev–Trinajstić information content (AvgIpc) is 3.21. The highest BCUT2D eigenvalue weighted by Gasteiger charge is 2.59. The largest absolute Gasteiger partial charge is 0.396 e. The monoisotopic (exact) mass is 485 g/mol. The molecule has 2 aliphatic carbocycles. The van der Waals surface area contributed by atoms with Gasteiger partial charge in [0, 0.05) is 35.4 Å². The summed E-state index contributed by atoms with van der Waals surface area (Å²) in [4.78, 5) is 20.6. The van der Waals surface area contributed by atoms with Gasteiger partial charge in [0.15, 0.2) is 5.13 Å². The van der Waals surface area contributed by atoms with E-state index in [2.05, 4.69) is 18.2 Å². The maximum Gasteiger partial charge on any atom is 0.223 e. The van der Waals surface area contributed by atoms with Crippen LogP contribution in [0.25, 0.3) is 0 Å². The molecule has 4 rings (SSSR count). The Morgan fingerprint density at radius 1 is 1.38 bits per heavy atom. The van der Waals surface area contributed by atoms with Crippen molar-refractivity contribution >= 4 is 28.1 Å². The number of nitrogens with zero attached hydrogens (tertiary/aromatic N) is 2. The minimum Gasteiger partial charge on any atom is -0.396 e. The van der Waals surface area contributed by atoms with Gasteiger partial charge in [-0.05, 0) is 54.9 Å². The molecule has 1 aromatic carbocycles. The second-order valence-electron chi connectivity index (χ2n) is 10.2. The topological polar surface area (TPSA) is 85.7 Å². The van der Waals surface area contributed by atoms with Gasteiger partial charge in [-0.2, -0.15) is 0 Å². The number of amides is 1. The van der Waals surface area contributed by atoms with Gasteiger partial charge in [0.2, 0.25) is 5.91 Å². The summed E-state index contributed by atoms with van der Waals surface area (Å²) < 4.78 is 13.3. The van der Waals surface area contributed by atoms with E-state index in [1.54, 1.807) is 24.1 Å². The van der Waals surface area contributed by atoms with Crippen molar-refractivity contribution in [1.29, 1.82) is 0 Å². The molecule has 2 aliphatic rings. The first kappa shape index (κ1) is 24.6. The standard InChI is InChI=1S/C26H32FN3O3S/c1-5-12-30(4)22(33)13-18-23-19(34-24(29-23)28-17-8-6-16(27)7-9-17)14-20-25(18,2)11-10-21(32)26(20,3)15-31/h1,6-9,18,20-21,31-32H,10-15H2,2-4H3,(H,28,29).